The molecule has 120 valence electrons. The summed E-state index contributed by atoms with van der Waals surface area (Å²) in [5.74, 6) is -0.699. The lowest BCUT2D eigenvalue weighted by Crippen LogP contribution is -2.22. The molecule has 23 heavy (non-hydrogen) atoms. The van der Waals surface area contributed by atoms with Crippen molar-refractivity contribution >= 4 is 50.5 Å². The van der Waals surface area contributed by atoms with Crippen LogP contribution in [0.2, 0.25) is 0 Å². The minimum absolute atomic E-state index is 0.192. The number of anilines is 2. The first-order chi connectivity index (χ1) is 11.0. The topological polar surface area (TPSA) is 75.4 Å². The molecule has 2 amide bonds. The van der Waals surface area contributed by atoms with Gasteiger partial charge in [-0.15, -0.1) is 11.3 Å². The number of carbonyl (C=O) groups is 2. The van der Waals surface area contributed by atoms with Gasteiger partial charge in [0.25, 0.3) is 5.91 Å². The Labute approximate surface area is 146 Å². The lowest BCUT2D eigenvalue weighted by atomic mass is 10.1. The first-order valence-electron chi connectivity index (χ1n) is 7.30. The molecule has 1 aromatic heterocycles. The highest BCUT2D eigenvalue weighted by Crippen LogP contribution is 2.31. The van der Waals surface area contributed by atoms with Gasteiger partial charge in [-0.05, 0) is 59.1 Å². The first kappa shape index (κ1) is 16.0. The Kier molecular flexibility index (Phi) is 4.68. The molecule has 2 heterocycles. The molecule has 1 aliphatic rings. The molecule has 3 N–H and O–H groups in total. The molecule has 1 aliphatic heterocycles. The van der Waals surface area contributed by atoms with E-state index in [1.54, 1.807) is 18.2 Å². The van der Waals surface area contributed by atoms with Gasteiger partial charge in [0.2, 0.25) is 5.91 Å². The van der Waals surface area contributed by atoms with Gasteiger partial charge < -0.3 is 16.0 Å². The van der Waals surface area contributed by atoms with E-state index in [0.29, 0.717) is 16.1 Å². The average Bonchev–Trinajstić information content (AvgIpc) is 3.18. The average molecular weight is 394 g/mol. The highest BCUT2D eigenvalue weighted by Gasteiger charge is 2.19. The van der Waals surface area contributed by atoms with Crippen LogP contribution >= 0.6 is 27.3 Å². The van der Waals surface area contributed by atoms with E-state index in [1.807, 2.05) is 12.1 Å². The number of hydrogen-bond donors (Lipinski definition) is 2. The lowest BCUT2D eigenvalue weighted by Gasteiger charge is -2.22. The Morgan fingerprint density at radius 1 is 1.17 bits per heavy atom. The van der Waals surface area contributed by atoms with E-state index in [2.05, 4.69) is 26.1 Å². The first-order valence-corrected chi connectivity index (χ1v) is 8.91. The third-order valence-corrected chi connectivity index (χ3v) is 5.40. The SMILES string of the molecule is NC(=O)c1ccc(N2CCCC2)c(NC(=O)c2ccc(Br)s2)c1. The fourth-order valence-corrected chi connectivity index (χ4v) is 3.92. The fourth-order valence-electron chi connectivity index (χ4n) is 2.64. The number of hydrogen-bond acceptors (Lipinski definition) is 4. The number of benzene rings is 1. The molecular formula is C16H16BrN3O2S. The van der Waals surface area contributed by atoms with Crippen molar-refractivity contribution < 1.29 is 9.59 Å². The molecule has 5 nitrogen and oxygen atoms in total. The van der Waals surface area contributed by atoms with Crippen LogP contribution in [0.5, 0.6) is 0 Å². The van der Waals surface area contributed by atoms with Crippen LogP contribution in [0.25, 0.3) is 0 Å². The van der Waals surface area contributed by atoms with E-state index in [4.69, 9.17) is 5.73 Å². The monoisotopic (exact) mass is 393 g/mol. The summed E-state index contributed by atoms with van der Waals surface area (Å²) in [6.07, 6.45) is 2.26. The maximum Gasteiger partial charge on any atom is 0.265 e. The molecule has 0 bridgehead atoms. The smallest absolute Gasteiger partial charge is 0.265 e. The van der Waals surface area contributed by atoms with Crippen molar-refractivity contribution in [1.82, 2.24) is 0 Å². The molecule has 1 saturated heterocycles. The highest BCUT2D eigenvalue weighted by atomic mass is 79.9. The van der Waals surface area contributed by atoms with Crippen molar-refractivity contribution in [1.29, 1.82) is 0 Å². The van der Waals surface area contributed by atoms with Gasteiger partial charge in [-0.2, -0.15) is 0 Å². The third-order valence-electron chi connectivity index (χ3n) is 3.77. The van der Waals surface area contributed by atoms with Gasteiger partial charge in [-0.3, -0.25) is 9.59 Å². The van der Waals surface area contributed by atoms with Crippen LogP contribution in [-0.2, 0) is 0 Å². The number of amides is 2. The number of nitrogens with two attached hydrogens (primary N) is 1. The molecule has 1 aromatic carbocycles. The zero-order chi connectivity index (χ0) is 16.4. The molecule has 0 aliphatic carbocycles. The van der Waals surface area contributed by atoms with Gasteiger partial charge in [0.15, 0.2) is 0 Å². The zero-order valence-electron chi connectivity index (χ0n) is 12.3. The molecular weight excluding hydrogens is 378 g/mol. The van der Waals surface area contributed by atoms with E-state index in [9.17, 15) is 9.59 Å². The van der Waals surface area contributed by atoms with Crippen molar-refractivity contribution in [3.05, 3.63) is 44.6 Å². The van der Waals surface area contributed by atoms with Crippen LogP contribution in [0.15, 0.2) is 34.1 Å². The number of rotatable bonds is 4. The highest BCUT2D eigenvalue weighted by molar-refractivity contribution is 9.11. The summed E-state index contributed by atoms with van der Waals surface area (Å²) in [5.41, 5.74) is 7.30. The lowest BCUT2D eigenvalue weighted by molar-refractivity contribution is 0.0996. The van der Waals surface area contributed by atoms with E-state index in [0.717, 1.165) is 35.4 Å². The second-order valence-electron chi connectivity index (χ2n) is 5.35. The zero-order valence-corrected chi connectivity index (χ0v) is 14.7. The Morgan fingerprint density at radius 3 is 2.52 bits per heavy atom. The molecule has 3 rings (SSSR count). The molecule has 7 heteroatoms. The minimum atomic E-state index is -0.507. The Bertz CT molecular complexity index is 754. The summed E-state index contributed by atoms with van der Waals surface area (Å²) in [7, 11) is 0. The summed E-state index contributed by atoms with van der Waals surface area (Å²) in [6.45, 7) is 1.90. The van der Waals surface area contributed by atoms with Crippen molar-refractivity contribution in [3.63, 3.8) is 0 Å². The van der Waals surface area contributed by atoms with Crippen molar-refractivity contribution in [2.45, 2.75) is 12.8 Å². The minimum Gasteiger partial charge on any atom is -0.370 e. The normalized spacial score (nSPS) is 14.0. The van der Waals surface area contributed by atoms with Crippen LogP contribution in [0.3, 0.4) is 0 Å². The molecule has 0 atom stereocenters. The van der Waals surface area contributed by atoms with Crippen LogP contribution < -0.4 is 16.0 Å². The maximum absolute atomic E-state index is 12.4. The Morgan fingerprint density at radius 2 is 1.91 bits per heavy atom. The number of primary amides is 1. The summed E-state index contributed by atoms with van der Waals surface area (Å²) in [6, 6.07) is 8.80. The Balaban J connectivity index is 1.92. The number of carbonyl (C=O) groups excluding carboxylic acids is 2. The second kappa shape index (κ2) is 6.72. The van der Waals surface area contributed by atoms with Gasteiger partial charge in [-0.25, -0.2) is 0 Å². The van der Waals surface area contributed by atoms with E-state index < -0.39 is 5.91 Å². The van der Waals surface area contributed by atoms with Gasteiger partial charge in [-0.1, -0.05) is 0 Å². The predicted octanol–water partition coefficient (Wildman–Crippen LogP) is 3.46. The van der Waals surface area contributed by atoms with Gasteiger partial charge in [0.1, 0.15) is 0 Å². The van der Waals surface area contributed by atoms with Crippen LogP contribution in [0.4, 0.5) is 11.4 Å². The number of nitrogens with zero attached hydrogens (tertiary/aromatic N) is 1. The quantitative estimate of drug-likeness (QED) is 0.834. The Hall–Kier alpha value is -1.86. The van der Waals surface area contributed by atoms with Gasteiger partial charge in [0.05, 0.1) is 20.0 Å². The molecule has 0 saturated carbocycles. The van der Waals surface area contributed by atoms with Crippen LogP contribution in [0, 0.1) is 0 Å². The van der Waals surface area contributed by atoms with Crippen LogP contribution in [-0.4, -0.2) is 24.9 Å². The number of thiophene rings is 1. The summed E-state index contributed by atoms with van der Waals surface area (Å²) < 4.78 is 0.897. The molecule has 0 spiro atoms. The summed E-state index contributed by atoms with van der Waals surface area (Å²) >= 11 is 4.72. The van der Waals surface area contributed by atoms with Gasteiger partial charge >= 0.3 is 0 Å². The second-order valence-corrected chi connectivity index (χ2v) is 7.81. The van der Waals surface area contributed by atoms with Crippen molar-refractivity contribution in [2.75, 3.05) is 23.3 Å². The summed E-state index contributed by atoms with van der Waals surface area (Å²) in [4.78, 5) is 26.7. The van der Waals surface area contributed by atoms with E-state index in [-0.39, 0.29) is 5.91 Å². The van der Waals surface area contributed by atoms with Crippen molar-refractivity contribution in [2.24, 2.45) is 5.73 Å². The maximum atomic E-state index is 12.4. The predicted molar refractivity (Wildman–Crippen MR) is 96.4 cm³/mol. The van der Waals surface area contributed by atoms with E-state index >= 15 is 0 Å². The number of nitrogens with one attached hydrogen (secondary N) is 1. The van der Waals surface area contributed by atoms with E-state index in [1.165, 1.54) is 11.3 Å². The molecule has 0 radical (unpaired) electrons. The van der Waals surface area contributed by atoms with Crippen LogP contribution in [0.1, 0.15) is 32.9 Å². The molecule has 2 aromatic rings. The number of halogens is 1. The standard InChI is InChI=1S/C16H16BrN3O2S/c17-14-6-5-13(23-14)16(22)19-11-9-10(15(18)21)3-4-12(11)20-7-1-2-8-20/h3-6,9H,1-2,7-8H2,(H2,18,21)(H,19,22). The van der Waals surface area contributed by atoms with Gasteiger partial charge in [0, 0.05) is 18.7 Å². The fraction of sp³-hybridized carbons (Fsp3) is 0.250. The summed E-state index contributed by atoms with van der Waals surface area (Å²) in [5, 5.41) is 2.91. The van der Waals surface area contributed by atoms with Crippen molar-refractivity contribution in [3.8, 4) is 0 Å². The largest absolute Gasteiger partial charge is 0.370 e. The third kappa shape index (κ3) is 3.56. The molecule has 0 unspecified atom stereocenters. The molecule has 1 fully saturated rings.